The van der Waals surface area contributed by atoms with Gasteiger partial charge in [0.25, 0.3) is 0 Å². The molecule has 12 heavy (non-hydrogen) atoms. The number of hydrogen-bond acceptors (Lipinski definition) is 4. The molecule has 1 heterocycles. The highest BCUT2D eigenvalue weighted by atomic mass is 32.1. The molecule has 5 heteroatoms. The third kappa shape index (κ3) is 2.42. The van der Waals surface area contributed by atoms with Gasteiger partial charge in [0.1, 0.15) is 6.54 Å². The van der Waals surface area contributed by atoms with Crippen LogP contribution in [-0.2, 0) is 16.1 Å². The lowest BCUT2D eigenvalue weighted by atomic mass is 10.6. The molecule has 0 aliphatic rings. The van der Waals surface area contributed by atoms with E-state index in [1.807, 2.05) is 5.38 Å². The topological polar surface area (TPSA) is 31.2 Å². The molecule has 1 rings (SSSR count). The molecule has 0 radical (unpaired) electrons. The first-order valence-corrected chi connectivity index (χ1v) is 4.82. The van der Waals surface area contributed by atoms with Crippen LogP contribution in [0.25, 0.3) is 0 Å². The Hall–Kier alpha value is -0.680. The van der Waals surface area contributed by atoms with Gasteiger partial charge < -0.3 is 9.30 Å². The van der Waals surface area contributed by atoms with E-state index in [9.17, 15) is 4.79 Å². The highest BCUT2D eigenvalue weighted by Crippen LogP contribution is 2.02. The van der Waals surface area contributed by atoms with Crippen LogP contribution in [0.1, 0.15) is 6.92 Å². The molecule has 0 atom stereocenters. The van der Waals surface area contributed by atoms with E-state index in [1.165, 1.54) is 11.3 Å². The standard InChI is InChI=1S/C7H9NO2S2/c1-2-10-6(9)5-8-3-4-12-7(8)11/h3-4H,2,5H2,1H3. The number of carbonyl (C=O) groups is 1. The zero-order valence-corrected chi connectivity index (χ0v) is 8.28. The van der Waals surface area contributed by atoms with Crippen molar-refractivity contribution in [1.29, 1.82) is 0 Å². The molecule has 0 aromatic carbocycles. The van der Waals surface area contributed by atoms with Gasteiger partial charge in [-0.3, -0.25) is 4.79 Å². The number of rotatable bonds is 3. The molecule has 0 fully saturated rings. The van der Waals surface area contributed by atoms with Gasteiger partial charge in [0, 0.05) is 11.6 Å². The molecule has 1 aromatic heterocycles. The summed E-state index contributed by atoms with van der Waals surface area (Å²) in [5.41, 5.74) is 0. The Balaban J connectivity index is 2.58. The second-order valence-electron chi connectivity index (χ2n) is 2.10. The van der Waals surface area contributed by atoms with Crippen molar-refractivity contribution in [2.24, 2.45) is 0 Å². The fourth-order valence-corrected chi connectivity index (χ4v) is 1.63. The summed E-state index contributed by atoms with van der Waals surface area (Å²) >= 11 is 6.40. The lowest BCUT2D eigenvalue weighted by Crippen LogP contribution is -2.12. The second-order valence-corrected chi connectivity index (χ2v) is 3.64. The van der Waals surface area contributed by atoms with E-state index < -0.39 is 0 Å². The van der Waals surface area contributed by atoms with Crippen molar-refractivity contribution < 1.29 is 9.53 Å². The van der Waals surface area contributed by atoms with E-state index in [0.717, 1.165) is 0 Å². The van der Waals surface area contributed by atoms with Crippen LogP contribution in [0.5, 0.6) is 0 Å². The van der Waals surface area contributed by atoms with E-state index in [-0.39, 0.29) is 12.5 Å². The zero-order chi connectivity index (χ0) is 8.97. The SMILES string of the molecule is CCOC(=O)Cn1ccsc1=S. The lowest BCUT2D eigenvalue weighted by Gasteiger charge is -2.01. The maximum Gasteiger partial charge on any atom is 0.326 e. The summed E-state index contributed by atoms with van der Waals surface area (Å²) in [7, 11) is 0. The molecule has 0 unspecified atom stereocenters. The third-order valence-corrected chi connectivity index (χ3v) is 2.47. The van der Waals surface area contributed by atoms with Crippen LogP contribution in [-0.4, -0.2) is 17.1 Å². The number of ether oxygens (including phenoxy) is 1. The molecular weight excluding hydrogens is 194 g/mol. The molecule has 0 saturated carbocycles. The van der Waals surface area contributed by atoms with Crippen molar-refractivity contribution >= 4 is 29.5 Å². The number of aromatic nitrogens is 1. The molecule has 0 N–H and O–H groups in total. The normalized spacial score (nSPS) is 9.75. The number of carbonyl (C=O) groups excluding carboxylic acids is 1. The summed E-state index contributed by atoms with van der Waals surface area (Å²) in [6.45, 7) is 2.41. The maximum atomic E-state index is 11.0. The number of hydrogen-bond donors (Lipinski definition) is 0. The van der Waals surface area contributed by atoms with Crippen LogP contribution in [0.3, 0.4) is 0 Å². The Morgan fingerprint density at radius 1 is 1.83 bits per heavy atom. The molecule has 66 valence electrons. The molecular formula is C7H9NO2S2. The molecule has 0 saturated heterocycles. The molecule has 0 bridgehead atoms. The van der Waals surface area contributed by atoms with Crippen LogP contribution in [0.4, 0.5) is 0 Å². The fraction of sp³-hybridized carbons (Fsp3) is 0.429. The van der Waals surface area contributed by atoms with Crippen molar-refractivity contribution in [3.8, 4) is 0 Å². The van der Waals surface area contributed by atoms with Crippen molar-refractivity contribution in [2.75, 3.05) is 6.61 Å². The Kier molecular flexibility index (Phi) is 3.43. The first-order chi connectivity index (χ1) is 5.74. The molecule has 0 spiro atoms. The average Bonchev–Trinajstić information content (AvgIpc) is 2.37. The summed E-state index contributed by atoms with van der Waals surface area (Å²) in [6, 6.07) is 0. The average molecular weight is 203 g/mol. The van der Waals surface area contributed by atoms with Gasteiger partial charge >= 0.3 is 5.97 Å². The zero-order valence-electron chi connectivity index (χ0n) is 6.65. The van der Waals surface area contributed by atoms with Crippen molar-refractivity contribution in [3.63, 3.8) is 0 Å². The van der Waals surface area contributed by atoms with Crippen LogP contribution in [0.15, 0.2) is 11.6 Å². The number of nitrogens with zero attached hydrogens (tertiary/aromatic N) is 1. The predicted octanol–water partition coefficient (Wildman–Crippen LogP) is 1.84. The highest BCUT2D eigenvalue weighted by molar-refractivity contribution is 7.73. The monoisotopic (exact) mass is 203 g/mol. The van der Waals surface area contributed by atoms with Crippen LogP contribution in [0, 0.1) is 3.95 Å². The van der Waals surface area contributed by atoms with E-state index in [2.05, 4.69) is 0 Å². The lowest BCUT2D eigenvalue weighted by molar-refractivity contribution is -0.143. The summed E-state index contributed by atoms with van der Waals surface area (Å²) in [5.74, 6) is -0.244. The largest absolute Gasteiger partial charge is 0.465 e. The Bertz CT molecular complexity index is 315. The van der Waals surface area contributed by atoms with Crippen molar-refractivity contribution in [3.05, 3.63) is 15.5 Å². The van der Waals surface area contributed by atoms with Crippen molar-refractivity contribution in [1.82, 2.24) is 4.57 Å². The Morgan fingerprint density at radius 2 is 2.58 bits per heavy atom. The predicted molar refractivity (Wildman–Crippen MR) is 49.8 cm³/mol. The molecule has 1 aromatic rings. The van der Waals surface area contributed by atoms with Crippen LogP contribution < -0.4 is 0 Å². The van der Waals surface area contributed by atoms with Gasteiger partial charge in [0.2, 0.25) is 0 Å². The summed E-state index contributed by atoms with van der Waals surface area (Å²) < 4.78 is 7.16. The van der Waals surface area contributed by atoms with E-state index in [1.54, 1.807) is 17.7 Å². The van der Waals surface area contributed by atoms with E-state index in [4.69, 9.17) is 17.0 Å². The third-order valence-electron chi connectivity index (χ3n) is 1.25. The van der Waals surface area contributed by atoms with Crippen molar-refractivity contribution in [2.45, 2.75) is 13.5 Å². The molecule has 0 aliphatic carbocycles. The minimum absolute atomic E-state index is 0.218. The van der Waals surface area contributed by atoms with Gasteiger partial charge in [0.05, 0.1) is 6.61 Å². The van der Waals surface area contributed by atoms with Gasteiger partial charge in [0.15, 0.2) is 3.95 Å². The van der Waals surface area contributed by atoms with Gasteiger partial charge in [-0.15, -0.1) is 11.3 Å². The quantitative estimate of drug-likeness (QED) is 0.555. The number of thiazole rings is 1. The van der Waals surface area contributed by atoms with Gasteiger partial charge in [-0.2, -0.15) is 0 Å². The summed E-state index contributed by atoms with van der Waals surface area (Å²) in [4.78, 5) is 11.0. The summed E-state index contributed by atoms with van der Waals surface area (Å²) in [5, 5.41) is 1.85. The first-order valence-electron chi connectivity index (χ1n) is 3.53. The Morgan fingerprint density at radius 3 is 3.08 bits per heavy atom. The Labute approximate surface area is 79.6 Å². The summed E-state index contributed by atoms with van der Waals surface area (Å²) in [6.07, 6.45) is 1.78. The van der Waals surface area contributed by atoms with Gasteiger partial charge in [-0.1, -0.05) is 0 Å². The smallest absolute Gasteiger partial charge is 0.326 e. The maximum absolute atomic E-state index is 11.0. The first kappa shape index (κ1) is 9.41. The molecule has 0 aliphatic heterocycles. The highest BCUT2D eigenvalue weighted by Gasteiger charge is 2.02. The van der Waals surface area contributed by atoms with Gasteiger partial charge in [-0.25, -0.2) is 0 Å². The van der Waals surface area contributed by atoms with E-state index in [0.29, 0.717) is 10.6 Å². The minimum Gasteiger partial charge on any atom is -0.465 e. The minimum atomic E-state index is -0.244. The number of esters is 1. The van der Waals surface area contributed by atoms with E-state index >= 15 is 0 Å². The fourth-order valence-electron chi connectivity index (χ4n) is 0.754. The molecule has 3 nitrogen and oxygen atoms in total. The molecule has 0 amide bonds. The van der Waals surface area contributed by atoms with Crippen LogP contribution in [0.2, 0.25) is 0 Å². The second kappa shape index (κ2) is 4.37. The van der Waals surface area contributed by atoms with Crippen LogP contribution >= 0.6 is 23.6 Å². The van der Waals surface area contributed by atoms with Gasteiger partial charge in [-0.05, 0) is 19.1 Å².